The Balaban J connectivity index is 2.73. The van der Waals surface area contributed by atoms with Gasteiger partial charge in [-0.3, -0.25) is 4.79 Å². The van der Waals surface area contributed by atoms with Crippen LogP contribution in [0.2, 0.25) is 0 Å². The lowest BCUT2D eigenvalue weighted by atomic mass is 10.4. The van der Waals surface area contributed by atoms with Crippen molar-refractivity contribution in [1.82, 2.24) is 9.62 Å². The van der Waals surface area contributed by atoms with Crippen molar-refractivity contribution in [2.75, 3.05) is 24.3 Å². The summed E-state index contributed by atoms with van der Waals surface area (Å²) in [5.41, 5.74) is 0. The molecule has 0 unspecified atom stereocenters. The molecule has 0 aliphatic carbocycles. The molecule has 0 bridgehead atoms. The van der Waals surface area contributed by atoms with E-state index in [1.54, 1.807) is 0 Å². The van der Waals surface area contributed by atoms with Crippen LogP contribution in [0.15, 0.2) is 0 Å². The third-order valence-corrected chi connectivity index (χ3v) is 4.87. The molecule has 0 aromatic heterocycles. The van der Waals surface area contributed by atoms with Gasteiger partial charge in [0.1, 0.15) is 4.66 Å². The highest BCUT2D eigenvalue weighted by Crippen LogP contribution is 2.07. The van der Waals surface area contributed by atoms with Gasteiger partial charge in [0.2, 0.25) is 15.9 Å². The molecule has 1 saturated heterocycles. The SMILES string of the molecule is O=C1CN(S(=O)(=O)CBr)CCCN1. The van der Waals surface area contributed by atoms with Crippen molar-refractivity contribution in [3.8, 4) is 0 Å². The van der Waals surface area contributed by atoms with Crippen molar-refractivity contribution in [2.24, 2.45) is 0 Å². The third-order valence-electron chi connectivity index (χ3n) is 1.76. The maximum atomic E-state index is 11.4. The number of nitrogens with one attached hydrogen (secondary N) is 1. The van der Waals surface area contributed by atoms with Gasteiger partial charge in [0.15, 0.2) is 0 Å². The molecule has 76 valence electrons. The predicted octanol–water partition coefficient (Wildman–Crippen LogP) is -0.510. The van der Waals surface area contributed by atoms with Gasteiger partial charge in [0, 0.05) is 13.1 Å². The largest absolute Gasteiger partial charge is 0.355 e. The maximum absolute atomic E-state index is 11.4. The second-order valence-corrected chi connectivity index (χ2v) is 6.03. The first-order valence-corrected chi connectivity index (χ1v) is 6.60. The Bertz CT molecular complexity index is 290. The van der Waals surface area contributed by atoms with Crippen LogP contribution in [0, 0.1) is 0 Å². The molecule has 1 aliphatic rings. The number of carbonyl (C=O) groups is 1. The summed E-state index contributed by atoms with van der Waals surface area (Å²) >= 11 is 2.89. The second-order valence-electron chi connectivity index (χ2n) is 2.76. The minimum atomic E-state index is -3.29. The highest BCUT2D eigenvalue weighted by molar-refractivity contribution is 9.10. The van der Waals surface area contributed by atoms with Crippen molar-refractivity contribution in [3.05, 3.63) is 0 Å². The lowest BCUT2D eigenvalue weighted by Crippen LogP contribution is -2.37. The molecule has 7 heteroatoms. The number of amides is 1. The molecular weight excluding hydrogens is 260 g/mol. The van der Waals surface area contributed by atoms with Crippen LogP contribution >= 0.6 is 15.9 Å². The molecule has 1 aliphatic heterocycles. The van der Waals surface area contributed by atoms with E-state index < -0.39 is 10.0 Å². The van der Waals surface area contributed by atoms with Crippen molar-refractivity contribution in [1.29, 1.82) is 0 Å². The molecule has 1 N–H and O–H groups in total. The molecule has 0 aromatic rings. The van der Waals surface area contributed by atoms with E-state index in [1.165, 1.54) is 4.31 Å². The fourth-order valence-electron chi connectivity index (χ4n) is 1.08. The molecule has 0 atom stereocenters. The van der Waals surface area contributed by atoms with Crippen LogP contribution in [-0.4, -0.2) is 42.9 Å². The Morgan fingerprint density at radius 3 is 2.85 bits per heavy atom. The fourth-order valence-corrected chi connectivity index (χ4v) is 2.81. The first-order chi connectivity index (χ1) is 6.06. The van der Waals surface area contributed by atoms with Crippen LogP contribution in [0.1, 0.15) is 6.42 Å². The predicted molar refractivity (Wildman–Crippen MR) is 51.9 cm³/mol. The molecule has 1 heterocycles. The molecule has 0 spiro atoms. The Labute approximate surface area is 85.7 Å². The standard InChI is InChI=1S/C6H11BrN2O3S/c7-5-13(11,12)9-3-1-2-8-6(10)4-9/h1-5H2,(H,8,10). The summed E-state index contributed by atoms with van der Waals surface area (Å²) in [5, 5.41) is 2.61. The molecule has 1 amide bonds. The Morgan fingerprint density at radius 2 is 2.23 bits per heavy atom. The van der Waals surface area contributed by atoms with Crippen molar-refractivity contribution < 1.29 is 13.2 Å². The fraction of sp³-hybridized carbons (Fsp3) is 0.833. The van der Waals surface area contributed by atoms with E-state index in [4.69, 9.17) is 0 Å². The van der Waals surface area contributed by atoms with E-state index in [0.29, 0.717) is 19.5 Å². The van der Waals surface area contributed by atoms with Gasteiger partial charge in [-0.15, -0.1) is 0 Å². The normalized spacial score (nSPS) is 20.8. The van der Waals surface area contributed by atoms with Gasteiger partial charge in [-0.05, 0) is 6.42 Å². The summed E-state index contributed by atoms with van der Waals surface area (Å²) in [5.74, 6) is -0.234. The molecule has 0 radical (unpaired) electrons. The van der Waals surface area contributed by atoms with E-state index >= 15 is 0 Å². The zero-order valence-electron chi connectivity index (χ0n) is 6.99. The second kappa shape index (κ2) is 4.39. The highest BCUT2D eigenvalue weighted by atomic mass is 79.9. The van der Waals surface area contributed by atoms with Crippen molar-refractivity contribution in [3.63, 3.8) is 0 Å². The smallest absolute Gasteiger partial charge is 0.235 e. The zero-order valence-corrected chi connectivity index (χ0v) is 9.40. The van der Waals surface area contributed by atoms with E-state index in [1.807, 2.05) is 0 Å². The molecule has 0 saturated carbocycles. The minimum absolute atomic E-state index is 0.0616. The summed E-state index contributed by atoms with van der Waals surface area (Å²) in [6, 6.07) is 0. The summed E-state index contributed by atoms with van der Waals surface area (Å²) in [6.45, 7) is 0.897. The first-order valence-electron chi connectivity index (χ1n) is 3.87. The van der Waals surface area contributed by atoms with Gasteiger partial charge < -0.3 is 5.32 Å². The van der Waals surface area contributed by atoms with Gasteiger partial charge in [-0.1, -0.05) is 15.9 Å². The number of carbonyl (C=O) groups excluding carboxylic acids is 1. The summed E-state index contributed by atoms with van der Waals surface area (Å²) in [7, 11) is -3.29. The van der Waals surface area contributed by atoms with Gasteiger partial charge in [0.05, 0.1) is 6.54 Å². The van der Waals surface area contributed by atoms with E-state index in [-0.39, 0.29) is 17.1 Å². The number of hydrogen-bond donors (Lipinski definition) is 1. The van der Waals surface area contributed by atoms with Crippen molar-refractivity contribution in [2.45, 2.75) is 6.42 Å². The van der Waals surface area contributed by atoms with Crippen LogP contribution in [0.4, 0.5) is 0 Å². The quantitative estimate of drug-likeness (QED) is 0.688. The highest BCUT2D eigenvalue weighted by Gasteiger charge is 2.24. The number of halogens is 1. The van der Waals surface area contributed by atoms with Gasteiger partial charge >= 0.3 is 0 Å². The monoisotopic (exact) mass is 270 g/mol. The summed E-state index contributed by atoms with van der Waals surface area (Å²) in [4.78, 5) is 11.0. The Morgan fingerprint density at radius 1 is 1.54 bits per heavy atom. The van der Waals surface area contributed by atoms with Gasteiger partial charge in [-0.2, -0.15) is 4.31 Å². The van der Waals surface area contributed by atoms with Crippen LogP contribution < -0.4 is 5.32 Å². The summed E-state index contributed by atoms with van der Waals surface area (Å²) < 4.78 is 23.8. The van der Waals surface area contributed by atoms with Crippen LogP contribution in [-0.2, 0) is 14.8 Å². The van der Waals surface area contributed by atoms with Crippen LogP contribution in [0.3, 0.4) is 0 Å². The lowest BCUT2D eigenvalue weighted by Gasteiger charge is -2.16. The van der Waals surface area contributed by atoms with Gasteiger partial charge in [0.25, 0.3) is 0 Å². The molecule has 1 rings (SSSR count). The molecule has 1 fully saturated rings. The van der Waals surface area contributed by atoms with Crippen LogP contribution in [0.5, 0.6) is 0 Å². The van der Waals surface area contributed by atoms with Crippen molar-refractivity contribution >= 4 is 31.9 Å². The molecule has 13 heavy (non-hydrogen) atoms. The average Bonchev–Trinajstić information content (AvgIpc) is 2.30. The van der Waals surface area contributed by atoms with E-state index in [0.717, 1.165) is 0 Å². The van der Waals surface area contributed by atoms with E-state index in [9.17, 15) is 13.2 Å². The van der Waals surface area contributed by atoms with Gasteiger partial charge in [-0.25, -0.2) is 8.42 Å². The lowest BCUT2D eigenvalue weighted by molar-refractivity contribution is -0.120. The number of rotatable bonds is 2. The first kappa shape index (κ1) is 10.9. The van der Waals surface area contributed by atoms with Crippen LogP contribution in [0.25, 0.3) is 0 Å². The number of alkyl halides is 1. The average molecular weight is 271 g/mol. The third kappa shape index (κ3) is 2.92. The minimum Gasteiger partial charge on any atom is -0.355 e. The Kier molecular flexibility index (Phi) is 3.69. The molecular formula is C6H11BrN2O3S. The van der Waals surface area contributed by atoms with E-state index in [2.05, 4.69) is 21.2 Å². The topological polar surface area (TPSA) is 66.5 Å². The molecule has 5 nitrogen and oxygen atoms in total. The number of hydrogen-bond acceptors (Lipinski definition) is 3. The Hall–Kier alpha value is -0.140. The maximum Gasteiger partial charge on any atom is 0.235 e. The molecule has 0 aromatic carbocycles. The zero-order chi connectivity index (χ0) is 9.90. The number of nitrogens with zero attached hydrogens (tertiary/aromatic N) is 1. The summed E-state index contributed by atoms with van der Waals surface area (Å²) in [6.07, 6.45) is 0.665. The number of sulfonamides is 1.